The van der Waals surface area contributed by atoms with Crippen LogP contribution in [0.5, 0.6) is 0 Å². The lowest BCUT2D eigenvalue weighted by atomic mass is 10.0. The van der Waals surface area contributed by atoms with E-state index in [9.17, 15) is 9.59 Å². The Hall–Kier alpha value is -2.16. The first-order valence-electron chi connectivity index (χ1n) is 6.77. The van der Waals surface area contributed by atoms with Crippen molar-refractivity contribution in [2.24, 2.45) is 5.92 Å². The molecule has 2 unspecified atom stereocenters. The molecule has 1 aromatic heterocycles. The normalized spacial score (nSPS) is 19.2. The predicted octanol–water partition coefficient (Wildman–Crippen LogP) is -0.413. The third kappa shape index (κ3) is 4.71. The van der Waals surface area contributed by atoms with Crippen LogP contribution in [0.3, 0.4) is 0 Å². The van der Waals surface area contributed by atoms with E-state index in [1.807, 2.05) is 6.92 Å². The number of ether oxygens (including phenoxy) is 1. The number of amides is 2. The fourth-order valence-corrected chi connectivity index (χ4v) is 2.13. The third-order valence-electron chi connectivity index (χ3n) is 3.34. The minimum Gasteiger partial charge on any atom is -0.480 e. The van der Waals surface area contributed by atoms with Crippen LogP contribution < -0.4 is 10.6 Å². The quantitative estimate of drug-likeness (QED) is 0.656. The van der Waals surface area contributed by atoms with Crippen LogP contribution in [0.4, 0.5) is 4.79 Å². The van der Waals surface area contributed by atoms with Crippen molar-refractivity contribution in [3.8, 4) is 0 Å². The second-order valence-corrected chi connectivity index (χ2v) is 5.04. The fraction of sp³-hybridized carbons (Fsp3) is 0.667. The number of nitrogens with zero attached hydrogens (tertiary/aromatic N) is 3. The van der Waals surface area contributed by atoms with Gasteiger partial charge in [-0.3, -0.25) is 4.79 Å². The molecule has 9 heteroatoms. The van der Waals surface area contributed by atoms with Gasteiger partial charge in [-0.1, -0.05) is 5.21 Å². The second-order valence-electron chi connectivity index (χ2n) is 5.04. The molecule has 3 N–H and O–H groups in total. The highest BCUT2D eigenvalue weighted by Gasteiger charge is 2.23. The van der Waals surface area contributed by atoms with Gasteiger partial charge in [-0.25, -0.2) is 9.48 Å². The number of carboxylic acid groups (broad SMARTS) is 1. The summed E-state index contributed by atoms with van der Waals surface area (Å²) in [4.78, 5) is 22.3. The minimum atomic E-state index is -0.996. The average Bonchev–Trinajstić information content (AvgIpc) is 3.06. The average molecular weight is 297 g/mol. The molecule has 1 aliphatic rings. The molecule has 0 spiro atoms. The van der Waals surface area contributed by atoms with E-state index in [-0.39, 0.29) is 25.2 Å². The van der Waals surface area contributed by atoms with Crippen LogP contribution in [0.2, 0.25) is 0 Å². The maximum atomic E-state index is 11.8. The lowest BCUT2D eigenvalue weighted by Gasteiger charge is -2.19. The second kappa shape index (κ2) is 7.02. The van der Waals surface area contributed by atoms with Crippen LogP contribution in [0.15, 0.2) is 6.20 Å². The summed E-state index contributed by atoms with van der Waals surface area (Å²) < 4.78 is 6.49. The highest BCUT2D eigenvalue weighted by molar-refractivity contribution is 5.74. The van der Waals surface area contributed by atoms with Gasteiger partial charge in [0.2, 0.25) is 0 Å². The molecule has 2 heterocycles. The van der Waals surface area contributed by atoms with Crippen LogP contribution >= 0.6 is 0 Å². The van der Waals surface area contributed by atoms with E-state index in [0.29, 0.717) is 18.2 Å². The summed E-state index contributed by atoms with van der Waals surface area (Å²) in [6.45, 7) is 3.30. The van der Waals surface area contributed by atoms with Gasteiger partial charge in [0.05, 0.1) is 19.3 Å². The Morgan fingerprint density at radius 3 is 3.10 bits per heavy atom. The van der Waals surface area contributed by atoms with Crippen molar-refractivity contribution < 1.29 is 19.4 Å². The van der Waals surface area contributed by atoms with Crippen molar-refractivity contribution >= 4 is 12.0 Å². The smallest absolute Gasteiger partial charge is 0.325 e. The van der Waals surface area contributed by atoms with Crippen LogP contribution in [0, 0.1) is 5.92 Å². The summed E-state index contributed by atoms with van der Waals surface area (Å²) in [5, 5.41) is 21.6. The van der Waals surface area contributed by atoms with Gasteiger partial charge in [-0.05, 0) is 13.3 Å². The SMILES string of the molecule is CC(NC(=O)NCc1cn(CC(=O)O)nn1)C1CCOC1. The number of aliphatic carboxylic acids is 1. The number of carboxylic acids is 1. The molecule has 116 valence electrons. The van der Waals surface area contributed by atoms with Crippen LogP contribution in [0.25, 0.3) is 0 Å². The molecule has 2 atom stereocenters. The molecule has 2 rings (SSSR count). The number of rotatable bonds is 6. The summed E-state index contributed by atoms with van der Waals surface area (Å²) in [7, 11) is 0. The summed E-state index contributed by atoms with van der Waals surface area (Å²) in [6.07, 6.45) is 2.44. The van der Waals surface area contributed by atoms with E-state index in [4.69, 9.17) is 9.84 Å². The molecule has 2 amide bonds. The number of nitrogens with one attached hydrogen (secondary N) is 2. The minimum absolute atomic E-state index is 0.0372. The predicted molar refractivity (Wildman–Crippen MR) is 71.4 cm³/mol. The molecule has 0 aromatic carbocycles. The largest absolute Gasteiger partial charge is 0.480 e. The fourth-order valence-electron chi connectivity index (χ4n) is 2.13. The van der Waals surface area contributed by atoms with Crippen molar-refractivity contribution in [3.05, 3.63) is 11.9 Å². The van der Waals surface area contributed by atoms with E-state index in [1.54, 1.807) is 0 Å². The molecule has 1 fully saturated rings. The molecular formula is C12H19N5O4. The van der Waals surface area contributed by atoms with Gasteiger partial charge in [0.25, 0.3) is 0 Å². The first-order valence-corrected chi connectivity index (χ1v) is 6.77. The first kappa shape index (κ1) is 15.2. The Bertz CT molecular complexity index is 498. The molecule has 1 aliphatic heterocycles. The number of urea groups is 1. The molecule has 0 saturated carbocycles. The van der Waals surface area contributed by atoms with Crippen molar-refractivity contribution in [1.82, 2.24) is 25.6 Å². The van der Waals surface area contributed by atoms with Crippen LogP contribution in [-0.2, 0) is 22.6 Å². The zero-order valence-electron chi connectivity index (χ0n) is 11.8. The van der Waals surface area contributed by atoms with Gasteiger partial charge in [-0.15, -0.1) is 5.10 Å². The molecule has 0 radical (unpaired) electrons. The Kier molecular flexibility index (Phi) is 5.09. The van der Waals surface area contributed by atoms with Gasteiger partial charge in [0.1, 0.15) is 12.2 Å². The molecule has 1 saturated heterocycles. The molecular weight excluding hydrogens is 278 g/mol. The number of hydrogen-bond donors (Lipinski definition) is 3. The Balaban J connectivity index is 1.73. The van der Waals surface area contributed by atoms with Crippen molar-refractivity contribution in [1.29, 1.82) is 0 Å². The lowest BCUT2D eigenvalue weighted by molar-refractivity contribution is -0.137. The zero-order valence-corrected chi connectivity index (χ0v) is 11.8. The molecule has 0 aliphatic carbocycles. The number of carbonyl (C=O) groups is 2. The van der Waals surface area contributed by atoms with Crippen LogP contribution in [0.1, 0.15) is 19.0 Å². The number of aromatic nitrogens is 3. The zero-order chi connectivity index (χ0) is 15.2. The van der Waals surface area contributed by atoms with E-state index in [0.717, 1.165) is 13.0 Å². The van der Waals surface area contributed by atoms with Gasteiger partial charge >= 0.3 is 12.0 Å². The summed E-state index contributed by atoms with van der Waals surface area (Å²) >= 11 is 0. The Morgan fingerprint density at radius 2 is 2.43 bits per heavy atom. The third-order valence-corrected chi connectivity index (χ3v) is 3.34. The van der Waals surface area contributed by atoms with Crippen molar-refractivity contribution in [3.63, 3.8) is 0 Å². The lowest BCUT2D eigenvalue weighted by Crippen LogP contribution is -2.44. The van der Waals surface area contributed by atoms with Gasteiger partial charge in [0, 0.05) is 18.6 Å². The highest BCUT2D eigenvalue weighted by Crippen LogP contribution is 2.16. The van der Waals surface area contributed by atoms with Crippen molar-refractivity contribution in [2.45, 2.75) is 32.5 Å². The molecule has 1 aromatic rings. The summed E-state index contributed by atoms with van der Waals surface area (Å²) in [5.41, 5.74) is 0.503. The van der Waals surface area contributed by atoms with Gasteiger partial charge in [0.15, 0.2) is 0 Å². The first-order chi connectivity index (χ1) is 10.0. The maximum Gasteiger partial charge on any atom is 0.325 e. The summed E-state index contributed by atoms with van der Waals surface area (Å²) in [6, 6.07) is -0.252. The number of hydrogen-bond acceptors (Lipinski definition) is 5. The van der Waals surface area contributed by atoms with E-state index >= 15 is 0 Å². The van der Waals surface area contributed by atoms with E-state index in [2.05, 4.69) is 20.9 Å². The maximum absolute atomic E-state index is 11.8. The Labute approximate surface area is 121 Å². The van der Waals surface area contributed by atoms with Gasteiger partial charge in [-0.2, -0.15) is 0 Å². The molecule has 21 heavy (non-hydrogen) atoms. The number of carbonyl (C=O) groups excluding carboxylic acids is 1. The summed E-state index contributed by atoms with van der Waals surface area (Å²) in [5.74, 6) is -0.656. The van der Waals surface area contributed by atoms with E-state index < -0.39 is 5.97 Å². The Morgan fingerprint density at radius 1 is 1.62 bits per heavy atom. The van der Waals surface area contributed by atoms with Crippen LogP contribution in [-0.4, -0.2) is 51.4 Å². The van der Waals surface area contributed by atoms with Crippen molar-refractivity contribution in [2.75, 3.05) is 13.2 Å². The topological polar surface area (TPSA) is 118 Å². The monoisotopic (exact) mass is 297 g/mol. The standard InChI is InChI=1S/C12H19N5O4/c1-8(9-2-3-21-7-9)14-12(20)13-4-10-5-17(16-15-10)6-11(18)19/h5,8-9H,2-4,6-7H2,1H3,(H,18,19)(H2,13,14,20). The highest BCUT2D eigenvalue weighted by atomic mass is 16.5. The molecule has 9 nitrogen and oxygen atoms in total. The van der Waals surface area contributed by atoms with E-state index in [1.165, 1.54) is 10.9 Å². The molecule has 0 bridgehead atoms. The van der Waals surface area contributed by atoms with Gasteiger partial charge < -0.3 is 20.5 Å².